The van der Waals surface area contributed by atoms with Crippen LogP contribution in [0.5, 0.6) is 0 Å². The van der Waals surface area contributed by atoms with Crippen molar-refractivity contribution in [1.82, 2.24) is 25.1 Å². The van der Waals surface area contributed by atoms with E-state index in [1.165, 1.54) is 12.8 Å². The first-order valence-electron chi connectivity index (χ1n) is 8.88. The smallest absolute Gasteiger partial charge is 0.315 e. The van der Waals surface area contributed by atoms with E-state index in [1.807, 2.05) is 17.8 Å². The van der Waals surface area contributed by atoms with Gasteiger partial charge < -0.3 is 19.9 Å². The van der Waals surface area contributed by atoms with Gasteiger partial charge in [-0.1, -0.05) is 0 Å². The Morgan fingerprint density at radius 1 is 1.50 bits per heavy atom. The van der Waals surface area contributed by atoms with Crippen LogP contribution < -0.4 is 10.6 Å². The summed E-state index contributed by atoms with van der Waals surface area (Å²) >= 11 is 0. The van der Waals surface area contributed by atoms with Gasteiger partial charge in [0.2, 0.25) is 0 Å². The quantitative estimate of drug-likeness (QED) is 0.825. The fraction of sp³-hybridized carbons (Fsp3) is 0.765. The van der Waals surface area contributed by atoms with Crippen molar-refractivity contribution in [1.29, 1.82) is 0 Å². The van der Waals surface area contributed by atoms with E-state index in [1.54, 1.807) is 6.33 Å². The minimum Gasteiger partial charge on any atom is -0.372 e. The number of aryl methyl sites for hydroxylation is 1. The second kappa shape index (κ2) is 7.53. The third-order valence-electron chi connectivity index (χ3n) is 5.18. The van der Waals surface area contributed by atoms with Crippen molar-refractivity contribution in [3.8, 4) is 0 Å². The Labute approximate surface area is 143 Å². The normalized spacial score (nSPS) is 25.5. The first-order chi connectivity index (χ1) is 11.5. The van der Waals surface area contributed by atoms with E-state index < -0.39 is 0 Å². The monoisotopic (exact) mass is 335 g/mol. The summed E-state index contributed by atoms with van der Waals surface area (Å²) in [4.78, 5) is 18.7. The average molecular weight is 335 g/mol. The molecule has 2 fully saturated rings. The van der Waals surface area contributed by atoms with E-state index in [0.717, 1.165) is 18.5 Å². The molecule has 1 saturated carbocycles. The number of nitrogens with zero attached hydrogens (tertiary/aromatic N) is 3. The van der Waals surface area contributed by atoms with Crippen LogP contribution in [0.15, 0.2) is 12.5 Å². The van der Waals surface area contributed by atoms with Crippen molar-refractivity contribution < 1.29 is 9.53 Å². The molecule has 1 aromatic heterocycles. The van der Waals surface area contributed by atoms with Crippen molar-refractivity contribution in [2.24, 2.45) is 7.05 Å². The molecule has 0 spiro atoms. The van der Waals surface area contributed by atoms with Crippen LogP contribution in [-0.2, 0) is 11.8 Å². The van der Waals surface area contributed by atoms with Crippen LogP contribution in [0, 0.1) is 0 Å². The first-order valence-corrected chi connectivity index (χ1v) is 8.88. The maximum atomic E-state index is 12.2. The number of amides is 2. The Kier molecular flexibility index (Phi) is 5.40. The van der Waals surface area contributed by atoms with Crippen molar-refractivity contribution >= 4 is 6.03 Å². The van der Waals surface area contributed by atoms with Crippen molar-refractivity contribution in [2.75, 3.05) is 20.2 Å². The predicted molar refractivity (Wildman–Crippen MR) is 91.7 cm³/mol. The summed E-state index contributed by atoms with van der Waals surface area (Å²) in [6.45, 7) is 3.49. The maximum absolute atomic E-state index is 12.2. The minimum absolute atomic E-state index is 0.00327. The molecule has 24 heavy (non-hydrogen) atoms. The molecular formula is C17H29N5O2. The Morgan fingerprint density at radius 2 is 2.29 bits per heavy atom. The number of rotatable bonds is 6. The molecule has 2 aliphatic rings. The van der Waals surface area contributed by atoms with Gasteiger partial charge in [0.15, 0.2) is 0 Å². The number of likely N-dealkylation sites (N-methyl/N-ethyl adjacent to an activating group) is 1. The molecule has 1 aliphatic carbocycles. The summed E-state index contributed by atoms with van der Waals surface area (Å²) in [7, 11) is 4.10. The molecule has 2 amide bonds. The number of aromatic nitrogens is 2. The number of urea groups is 1. The van der Waals surface area contributed by atoms with Gasteiger partial charge in [-0.2, -0.15) is 0 Å². The summed E-state index contributed by atoms with van der Waals surface area (Å²) in [6, 6.07) is 1.12. The fourth-order valence-corrected chi connectivity index (χ4v) is 3.27. The van der Waals surface area contributed by atoms with Crippen LogP contribution in [0.3, 0.4) is 0 Å². The van der Waals surface area contributed by atoms with E-state index in [4.69, 9.17) is 4.74 Å². The maximum Gasteiger partial charge on any atom is 0.315 e. The molecule has 0 radical (unpaired) electrons. The van der Waals surface area contributed by atoms with Gasteiger partial charge in [0.1, 0.15) is 6.10 Å². The zero-order valence-electron chi connectivity index (χ0n) is 14.9. The molecule has 7 nitrogen and oxygen atoms in total. The van der Waals surface area contributed by atoms with Crippen LogP contribution >= 0.6 is 0 Å². The van der Waals surface area contributed by atoms with Crippen LogP contribution in [0.1, 0.15) is 44.4 Å². The molecule has 0 unspecified atom stereocenters. The summed E-state index contributed by atoms with van der Waals surface area (Å²) in [5.74, 6) is 0. The largest absolute Gasteiger partial charge is 0.372 e. The number of carbonyl (C=O) groups excluding carboxylic acids is 1. The number of hydrogen-bond donors (Lipinski definition) is 2. The SMILES string of the molecule is C[C@H](CNC(=O)N[C@H]1CCO[C@H](c2cncn2C)C1)N(C)C1CC1. The molecule has 1 aromatic rings. The zero-order chi connectivity index (χ0) is 17.1. The number of ether oxygens (including phenoxy) is 1. The topological polar surface area (TPSA) is 71.4 Å². The molecule has 0 aromatic carbocycles. The fourth-order valence-electron chi connectivity index (χ4n) is 3.27. The zero-order valence-corrected chi connectivity index (χ0v) is 14.9. The molecule has 0 bridgehead atoms. The standard InChI is InChI=1S/C17H29N5O2/c1-12(22(3)14-4-5-14)9-19-17(23)20-13-6-7-24-16(8-13)15-10-18-11-21(15)2/h10-14,16H,4-9H2,1-3H3,(H2,19,20,23)/t12-,13+,16+/m1/s1. The molecular weight excluding hydrogens is 306 g/mol. The average Bonchev–Trinajstić information content (AvgIpc) is 3.33. The summed E-state index contributed by atoms with van der Waals surface area (Å²) in [5, 5.41) is 6.10. The highest BCUT2D eigenvalue weighted by molar-refractivity contribution is 5.74. The second-order valence-corrected chi connectivity index (χ2v) is 7.11. The van der Waals surface area contributed by atoms with E-state index in [0.29, 0.717) is 25.2 Å². The third kappa shape index (κ3) is 4.27. The van der Waals surface area contributed by atoms with Gasteiger partial charge in [-0.15, -0.1) is 0 Å². The van der Waals surface area contributed by atoms with Crippen LogP contribution in [0.4, 0.5) is 4.79 Å². The van der Waals surface area contributed by atoms with E-state index >= 15 is 0 Å². The molecule has 3 rings (SSSR count). The van der Waals surface area contributed by atoms with E-state index in [-0.39, 0.29) is 18.2 Å². The van der Waals surface area contributed by atoms with Crippen LogP contribution in [0.25, 0.3) is 0 Å². The highest BCUT2D eigenvalue weighted by Crippen LogP contribution is 2.28. The lowest BCUT2D eigenvalue weighted by Gasteiger charge is -2.30. The molecule has 3 atom stereocenters. The Hall–Kier alpha value is -1.60. The van der Waals surface area contributed by atoms with Crippen LogP contribution in [0.2, 0.25) is 0 Å². The lowest BCUT2D eigenvalue weighted by Crippen LogP contribution is -2.48. The highest BCUT2D eigenvalue weighted by atomic mass is 16.5. The number of nitrogens with one attached hydrogen (secondary N) is 2. The van der Waals surface area contributed by atoms with Gasteiger partial charge in [0, 0.05) is 38.3 Å². The molecule has 7 heteroatoms. The predicted octanol–water partition coefficient (Wildman–Crippen LogP) is 1.42. The highest BCUT2D eigenvalue weighted by Gasteiger charge is 2.30. The lowest BCUT2D eigenvalue weighted by atomic mass is 10.0. The Balaban J connectivity index is 1.43. The molecule has 2 N–H and O–H groups in total. The lowest BCUT2D eigenvalue weighted by molar-refractivity contribution is -0.00179. The van der Waals surface area contributed by atoms with Gasteiger partial charge in [0.25, 0.3) is 0 Å². The molecule has 1 aliphatic heterocycles. The minimum atomic E-state index is -0.0818. The van der Waals surface area contributed by atoms with Gasteiger partial charge in [-0.05, 0) is 39.7 Å². The Morgan fingerprint density at radius 3 is 2.96 bits per heavy atom. The van der Waals surface area contributed by atoms with Crippen molar-refractivity contribution in [2.45, 2.75) is 56.8 Å². The molecule has 1 saturated heterocycles. The Bertz CT molecular complexity index is 557. The first kappa shape index (κ1) is 17.2. The number of carbonyl (C=O) groups is 1. The molecule has 2 heterocycles. The van der Waals surface area contributed by atoms with Crippen molar-refractivity contribution in [3.05, 3.63) is 18.2 Å². The summed E-state index contributed by atoms with van der Waals surface area (Å²) in [6.07, 6.45) is 7.80. The van der Waals surface area contributed by atoms with Gasteiger partial charge in [0.05, 0.1) is 18.2 Å². The number of hydrogen-bond acceptors (Lipinski definition) is 4. The van der Waals surface area contributed by atoms with Crippen molar-refractivity contribution in [3.63, 3.8) is 0 Å². The summed E-state index contributed by atoms with van der Waals surface area (Å²) in [5.41, 5.74) is 1.06. The van der Waals surface area contributed by atoms with E-state index in [2.05, 4.69) is 34.5 Å². The van der Waals surface area contributed by atoms with Gasteiger partial charge >= 0.3 is 6.03 Å². The number of imidazole rings is 1. The second-order valence-electron chi connectivity index (χ2n) is 7.11. The summed E-state index contributed by atoms with van der Waals surface area (Å²) < 4.78 is 7.81. The third-order valence-corrected chi connectivity index (χ3v) is 5.18. The van der Waals surface area contributed by atoms with Crippen LogP contribution in [-0.4, -0.2) is 58.8 Å². The van der Waals surface area contributed by atoms with E-state index in [9.17, 15) is 4.79 Å². The van der Waals surface area contributed by atoms with Gasteiger partial charge in [-0.3, -0.25) is 4.90 Å². The molecule has 134 valence electrons. The van der Waals surface area contributed by atoms with Gasteiger partial charge in [-0.25, -0.2) is 9.78 Å².